The van der Waals surface area contributed by atoms with E-state index in [1.807, 2.05) is 0 Å². The van der Waals surface area contributed by atoms with Crippen LogP contribution in [0.1, 0.15) is 27.7 Å². The van der Waals surface area contributed by atoms with Gasteiger partial charge in [-0.3, -0.25) is 0 Å². The van der Waals surface area contributed by atoms with Crippen molar-refractivity contribution in [3.63, 3.8) is 0 Å². The van der Waals surface area contributed by atoms with Crippen LogP contribution >= 0.6 is 0 Å². The van der Waals surface area contributed by atoms with Gasteiger partial charge in [0.2, 0.25) is 0 Å². The lowest BCUT2D eigenvalue weighted by molar-refractivity contribution is 0.00578. The van der Waals surface area contributed by atoms with Crippen molar-refractivity contribution in [2.24, 2.45) is 0 Å². The van der Waals surface area contributed by atoms with Gasteiger partial charge in [0.1, 0.15) is 0 Å². The average molecular weight is 404 g/mol. The number of hydrogen-bond acceptors (Lipinski definition) is 2. The molecule has 0 aromatic heterocycles. The van der Waals surface area contributed by atoms with Gasteiger partial charge in [-0.05, 0) is 88.4 Å². The predicted octanol–water partition coefficient (Wildman–Crippen LogP) is 6.60. The fourth-order valence-electron chi connectivity index (χ4n) is 4.78. The summed E-state index contributed by atoms with van der Waals surface area (Å²) < 4.78 is 12.7. The molecule has 1 saturated heterocycles. The molecule has 3 heteroatoms. The summed E-state index contributed by atoms with van der Waals surface area (Å²) >= 11 is 0. The highest BCUT2D eigenvalue weighted by molar-refractivity contribution is 6.62. The van der Waals surface area contributed by atoms with Gasteiger partial charge in [-0.2, -0.15) is 0 Å². The monoisotopic (exact) mass is 404 g/mol. The van der Waals surface area contributed by atoms with Crippen LogP contribution in [0.2, 0.25) is 0 Å². The molecule has 1 aliphatic heterocycles. The lowest BCUT2D eigenvalue weighted by atomic mass is 9.77. The molecule has 1 aliphatic rings. The second kappa shape index (κ2) is 6.32. The average Bonchev–Trinajstić information content (AvgIpc) is 2.99. The van der Waals surface area contributed by atoms with Gasteiger partial charge in [-0.15, -0.1) is 0 Å². The molecule has 0 spiro atoms. The van der Waals surface area contributed by atoms with E-state index >= 15 is 0 Å². The van der Waals surface area contributed by atoms with Gasteiger partial charge in [-0.25, -0.2) is 0 Å². The number of rotatable bonds is 1. The van der Waals surface area contributed by atoms with Crippen molar-refractivity contribution in [3.8, 4) is 0 Å². The van der Waals surface area contributed by atoms with Gasteiger partial charge < -0.3 is 9.31 Å². The van der Waals surface area contributed by atoms with Crippen molar-refractivity contribution in [1.29, 1.82) is 0 Å². The first-order chi connectivity index (χ1) is 14.8. The number of benzene rings is 5. The Morgan fingerprint density at radius 2 is 0.968 bits per heavy atom. The fourth-order valence-corrected chi connectivity index (χ4v) is 4.78. The highest BCUT2D eigenvalue weighted by Gasteiger charge is 2.51. The highest BCUT2D eigenvalue weighted by atomic mass is 16.7. The Morgan fingerprint density at radius 3 is 1.52 bits per heavy atom. The summed E-state index contributed by atoms with van der Waals surface area (Å²) in [5.74, 6) is 0. The van der Waals surface area contributed by atoms with Crippen LogP contribution in [0.3, 0.4) is 0 Å². The zero-order valence-corrected chi connectivity index (χ0v) is 18.4. The minimum absolute atomic E-state index is 0.350. The molecule has 0 bridgehead atoms. The first-order valence-corrected chi connectivity index (χ1v) is 11.0. The maximum absolute atomic E-state index is 6.33. The molecule has 0 atom stereocenters. The third-order valence-corrected chi connectivity index (χ3v) is 7.25. The van der Waals surface area contributed by atoms with E-state index < -0.39 is 0 Å². The Bertz CT molecular complexity index is 1480. The standard InChI is InChI=1S/C28H25BO2/c1-27(2)28(3,4)31-29(30-27)20-13-14-23-25-16-19-10-6-5-9-18(19)15-24(25)21-11-7-8-12-22(21)26(23)17-20/h5-17H,1-4H3. The zero-order valence-electron chi connectivity index (χ0n) is 18.4. The fraction of sp³-hybridized carbons (Fsp3) is 0.214. The van der Waals surface area contributed by atoms with Crippen LogP contribution in [0, 0.1) is 0 Å². The molecule has 0 N–H and O–H groups in total. The number of hydrogen-bond donors (Lipinski definition) is 0. The Morgan fingerprint density at radius 1 is 0.516 bits per heavy atom. The molecular weight excluding hydrogens is 379 g/mol. The summed E-state index contributed by atoms with van der Waals surface area (Å²) in [6.07, 6.45) is 0. The molecule has 6 rings (SSSR count). The van der Waals surface area contributed by atoms with Crippen molar-refractivity contribution in [2.45, 2.75) is 38.9 Å². The molecule has 152 valence electrons. The van der Waals surface area contributed by atoms with Crippen molar-refractivity contribution < 1.29 is 9.31 Å². The molecule has 0 saturated carbocycles. The molecule has 0 unspecified atom stereocenters. The summed E-state index contributed by atoms with van der Waals surface area (Å²) in [6, 6.07) is 28.6. The van der Waals surface area contributed by atoms with E-state index in [0.717, 1.165) is 5.46 Å². The first kappa shape index (κ1) is 18.9. The topological polar surface area (TPSA) is 18.5 Å². The maximum Gasteiger partial charge on any atom is 0.494 e. The lowest BCUT2D eigenvalue weighted by Crippen LogP contribution is -2.41. The van der Waals surface area contributed by atoms with Gasteiger partial charge in [0.15, 0.2) is 0 Å². The van der Waals surface area contributed by atoms with Crippen molar-refractivity contribution in [1.82, 2.24) is 0 Å². The van der Waals surface area contributed by atoms with Gasteiger partial charge >= 0.3 is 7.12 Å². The normalized spacial score (nSPS) is 17.9. The number of fused-ring (bicyclic) bond motifs is 7. The lowest BCUT2D eigenvalue weighted by Gasteiger charge is -2.32. The largest absolute Gasteiger partial charge is 0.494 e. The smallest absolute Gasteiger partial charge is 0.399 e. The van der Waals surface area contributed by atoms with Crippen molar-refractivity contribution >= 4 is 55.7 Å². The minimum Gasteiger partial charge on any atom is -0.399 e. The molecule has 0 radical (unpaired) electrons. The molecule has 0 amide bonds. The van der Waals surface area contributed by atoms with Gasteiger partial charge in [-0.1, -0.05) is 66.7 Å². The van der Waals surface area contributed by atoms with E-state index in [4.69, 9.17) is 9.31 Å². The van der Waals surface area contributed by atoms with E-state index in [-0.39, 0.29) is 18.3 Å². The van der Waals surface area contributed by atoms with Gasteiger partial charge in [0.25, 0.3) is 0 Å². The van der Waals surface area contributed by atoms with Crippen LogP contribution in [-0.4, -0.2) is 18.3 Å². The Balaban J connectivity index is 1.66. The van der Waals surface area contributed by atoms with Crippen LogP contribution in [0.25, 0.3) is 43.1 Å². The molecule has 5 aromatic rings. The molecule has 2 nitrogen and oxygen atoms in total. The van der Waals surface area contributed by atoms with E-state index in [0.29, 0.717) is 0 Å². The predicted molar refractivity (Wildman–Crippen MR) is 132 cm³/mol. The third-order valence-electron chi connectivity index (χ3n) is 7.25. The van der Waals surface area contributed by atoms with Crippen LogP contribution in [0.15, 0.2) is 78.9 Å². The third kappa shape index (κ3) is 2.73. The summed E-state index contributed by atoms with van der Waals surface area (Å²) in [5, 5.41) is 10.2. The zero-order chi connectivity index (χ0) is 21.4. The SMILES string of the molecule is CC1(C)OB(c2ccc3c(c2)c2ccccc2c2cc4ccccc4cc32)OC1(C)C. The second-order valence-electron chi connectivity index (χ2n) is 9.68. The van der Waals surface area contributed by atoms with Crippen molar-refractivity contribution in [3.05, 3.63) is 78.9 Å². The van der Waals surface area contributed by atoms with Crippen LogP contribution in [0.4, 0.5) is 0 Å². The van der Waals surface area contributed by atoms with Crippen LogP contribution < -0.4 is 5.46 Å². The highest BCUT2D eigenvalue weighted by Crippen LogP contribution is 2.39. The molecule has 1 fully saturated rings. The summed E-state index contributed by atoms with van der Waals surface area (Å²) in [5.41, 5.74) is 0.366. The van der Waals surface area contributed by atoms with Gasteiger partial charge in [0.05, 0.1) is 11.2 Å². The van der Waals surface area contributed by atoms with E-state index in [1.54, 1.807) is 0 Å². The maximum atomic E-state index is 6.33. The molecule has 1 heterocycles. The van der Waals surface area contributed by atoms with Gasteiger partial charge in [0, 0.05) is 0 Å². The summed E-state index contributed by atoms with van der Waals surface area (Å²) in [6.45, 7) is 8.40. The Kier molecular flexibility index (Phi) is 3.84. The van der Waals surface area contributed by atoms with E-state index in [2.05, 4.69) is 107 Å². The molecular formula is C28H25BO2. The minimum atomic E-state index is -0.361. The van der Waals surface area contributed by atoms with Crippen LogP contribution in [-0.2, 0) is 9.31 Å². The summed E-state index contributed by atoms with van der Waals surface area (Å²) in [7, 11) is -0.361. The summed E-state index contributed by atoms with van der Waals surface area (Å²) in [4.78, 5) is 0. The van der Waals surface area contributed by atoms with Crippen molar-refractivity contribution in [2.75, 3.05) is 0 Å². The first-order valence-electron chi connectivity index (χ1n) is 11.0. The molecule has 0 aliphatic carbocycles. The Labute approximate surface area is 182 Å². The molecule has 5 aromatic carbocycles. The quantitative estimate of drug-likeness (QED) is 0.178. The Hall–Kier alpha value is -2.88. The van der Waals surface area contributed by atoms with Crippen LogP contribution in [0.5, 0.6) is 0 Å². The molecule has 31 heavy (non-hydrogen) atoms. The van der Waals surface area contributed by atoms with E-state index in [1.165, 1.54) is 43.1 Å². The van der Waals surface area contributed by atoms with E-state index in [9.17, 15) is 0 Å². The second-order valence-corrected chi connectivity index (χ2v) is 9.68.